The minimum absolute atomic E-state index is 0.113. The lowest BCUT2D eigenvalue weighted by Crippen LogP contribution is -2.24. The van der Waals surface area contributed by atoms with Crippen LogP contribution in [0.1, 0.15) is 16.8 Å². The summed E-state index contributed by atoms with van der Waals surface area (Å²) >= 11 is 3.00. The summed E-state index contributed by atoms with van der Waals surface area (Å²) in [7, 11) is 0. The van der Waals surface area contributed by atoms with Crippen molar-refractivity contribution in [3.05, 3.63) is 111 Å². The number of hydrogen-bond acceptors (Lipinski definition) is 6. The van der Waals surface area contributed by atoms with Gasteiger partial charge in [-0.15, -0.1) is 11.3 Å². The normalized spacial score (nSPS) is 11.1. The zero-order chi connectivity index (χ0) is 23.5. The number of fused-ring (bicyclic) bond motifs is 1. The highest BCUT2D eigenvalue weighted by molar-refractivity contribution is 7.98. The smallest absolute Gasteiger partial charge is 0.262 e. The Morgan fingerprint density at radius 3 is 2.56 bits per heavy atom. The van der Waals surface area contributed by atoms with Crippen LogP contribution in [0.25, 0.3) is 10.9 Å². The fourth-order valence-corrected chi connectivity index (χ4v) is 5.23. The Bertz CT molecular complexity index is 1490. The molecule has 8 heteroatoms. The predicted molar refractivity (Wildman–Crippen MR) is 138 cm³/mol. The van der Waals surface area contributed by atoms with Gasteiger partial charge in [-0.05, 0) is 48.9 Å². The Kier molecular flexibility index (Phi) is 6.42. The minimum Gasteiger partial charge on any atom is -0.332 e. The second-order valence-electron chi connectivity index (χ2n) is 7.85. The van der Waals surface area contributed by atoms with E-state index in [1.165, 1.54) is 40.8 Å². The van der Waals surface area contributed by atoms with Gasteiger partial charge in [0.2, 0.25) is 0 Å². The molecular weight excluding hydrogens is 467 g/mol. The van der Waals surface area contributed by atoms with Crippen molar-refractivity contribution in [2.75, 3.05) is 5.32 Å². The van der Waals surface area contributed by atoms with Crippen LogP contribution in [0.3, 0.4) is 0 Å². The molecule has 0 saturated heterocycles. The van der Waals surface area contributed by atoms with E-state index in [4.69, 9.17) is 4.98 Å². The van der Waals surface area contributed by atoms with Gasteiger partial charge in [-0.25, -0.2) is 14.4 Å². The van der Waals surface area contributed by atoms with Crippen molar-refractivity contribution in [1.82, 2.24) is 14.5 Å². The molecule has 0 radical (unpaired) electrons. The highest BCUT2D eigenvalue weighted by Gasteiger charge is 2.13. The number of nitrogens with zero attached hydrogens (tertiary/aromatic N) is 3. The van der Waals surface area contributed by atoms with Gasteiger partial charge in [0.05, 0.1) is 23.1 Å². The number of thiazole rings is 1. The molecule has 2 heterocycles. The maximum Gasteiger partial charge on any atom is 0.262 e. The standard InChI is InChI=1S/C26H21FN4OS2/c1-17-6-12-20(13-7-17)28-25-29-21(15-33-25)16-34-26-30-23-5-3-2-4-22(23)24(32)31(26)14-18-8-10-19(27)11-9-18/h2-13,15H,14,16H2,1H3,(H,28,29). The first-order chi connectivity index (χ1) is 16.5. The zero-order valence-corrected chi connectivity index (χ0v) is 20.0. The lowest BCUT2D eigenvalue weighted by molar-refractivity contribution is 0.622. The van der Waals surface area contributed by atoms with Gasteiger partial charge in [0.1, 0.15) is 5.82 Å². The Labute approximate surface area is 204 Å². The minimum atomic E-state index is -0.305. The van der Waals surface area contributed by atoms with Crippen LogP contribution in [0.5, 0.6) is 0 Å². The van der Waals surface area contributed by atoms with Crippen LogP contribution < -0.4 is 10.9 Å². The molecule has 0 aliphatic carbocycles. The number of thioether (sulfide) groups is 1. The molecule has 0 bridgehead atoms. The molecule has 0 unspecified atom stereocenters. The Hall–Kier alpha value is -3.49. The van der Waals surface area contributed by atoms with E-state index in [0.29, 0.717) is 28.4 Å². The third kappa shape index (κ3) is 5.03. The van der Waals surface area contributed by atoms with E-state index < -0.39 is 0 Å². The molecule has 170 valence electrons. The summed E-state index contributed by atoms with van der Waals surface area (Å²) in [4.78, 5) is 22.7. The topological polar surface area (TPSA) is 59.8 Å². The summed E-state index contributed by atoms with van der Waals surface area (Å²) in [5.74, 6) is 0.265. The number of aromatic nitrogens is 3. The molecule has 5 nitrogen and oxygen atoms in total. The molecular formula is C26H21FN4OS2. The lowest BCUT2D eigenvalue weighted by atomic mass is 10.2. The molecule has 0 spiro atoms. The van der Waals surface area contributed by atoms with Crippen LogP contribution in [-0.2, 0) is 12.3 Å². The first-order valence-corrected chi connectivity index (χ1v) is 12.6. The van der Waals surface area contributed by atoms with Gasteiger partial charge in [-0.2, -0.15) is 0 Å². The van der Waals surface area contributed by atoms with Crippen LogP contribution in [0.15, 0.2) is 88.1 Å². The molecule has 0 aliphatic heterocycles. The number of nitrogens with one attached hydrogen (secondary N) is 1. The number of anilines is 2. The summed E-state index contributed by atoms with van der Waals surface area (Å²) in [5.41, 5.74) is 4.48. The second-order valence-corrected chi connectivity index (χ2v) is 9.65. The molecule has 5 rings (SSSR count). The number of benzene rings is 3. The molecule has 0 atom stereocenters. The number of rotatable bonds is 7. The van der Waals surface area contributed by atoms with Crippen molar-refractivity contribution in [2.24, 2.45) is 0 Å². The van der Waals surface area contributed by atoms with Crippen LogP contribution in [0.2, 0.25) is 0 Å². The SMILES string of the molecule is Cc1ccc(Nc2nc(CSc3nc4ccccc4c(=O)n3Cc3ccc(F)cc3)cs2)cc1. The van der Waals surface area contributed by atoms with Crippen LogP contribution >= 0.6 is 23.1 Å². The van der Waals surface area contributed by atoms with E-state index in [1.54, 1.807) is 22.8 Å². The molecule has 0 amide bonds. The highest BCUT2D eigenvalue weighted by atomic mass is 32.2. The third-order valence-corrected chi connectivity index (χ3v) is 7.10. The molecule has 5 aromatic rings. The second kappa shape index (κ2) is 9.79. The van der Waals surface area contributed by atoms with Crippen molar-refractivity contribution in [3.8, 4) is 0 Å². The molecule has 34 heavy (non-hydrogen) atoms. The molecule has 0 fully saturated rings. The Morgan fingerprint density at radius 1 is 1.00 bits per heavy atom. The maximum atomic E-state index is 13.4. The van der Waals surface area contributed by atoms with E-state index in [0.717, 1.165) is 22.1 Å². The summed E-state index contributed by atoms with van der Waals surface area (Å²) in [6.45, 7) is 2.37. The number of aryl methyl sites for hydroxylation is 1. The number of para-hydroxylation sites is 1. The first-order valence-electron chi connectivity index (χ1n) is 10.7. The first kappa shape index (κ1) is 22.3. The van der Waals surface area contributed by atoms with Crippen LogP contribution in [-0.4, -0.2) is 14.5 Å². The van der Waals surface area contributed by atoms with E-state index in [9.17, 15) is 9.18 Å². The average molecular weight is 489 g/mol. The van der Waals surface area contributed by atoms with E-state index in [1.807, 2.05) is 35.7 Å². The Balaban J connectivity index is 1.39. The van der Waals surface area contributed by atoms with E-state index >= 15 is 0 Å². The van der Waals surface area contributed by atoms with Crippen LogP contribution in [0.4, 0.5) is 15.2 Å². The van der Waals surface area contributed by atoms with Gasteiger partial charge >= 0.3 is 0 Å². The van der Waals surface area contributed by atoms with E-state index in [-0.39, 0.29) is 11.4 Å². The van der Waals surface area contributed by atoms with Crippen molar-refractivity contribution in [2.45, 2.75) is 24.4 Å². The summed E-state index contributed by atoms with van der Waals surface area (Å²) in [5, 5.41) is 7.32. The van der Waals surface area contributed by atoms with Gasteiger partial charge in [0.25, 0.3) is 5.56 Å². The van der Waals surface area contributed by atoms with Gasteiger partial charge in [-0.1, -0.05) is 53.7 Å². The summed E-state index contributed by atoms with van der Waals surface area (Å²) in [6.07, 6.45) is 0. The maximum absolute atomic E-state index is 13.4. The summed E-state index contributed by atoms with van der Waals surface area (Å²) in [6, 6.07) is 21.7. The van der Waals surface area contributed by atoms with Gasteiger partial charge < -0.3 is 5.32 Å². The van der Waals surface area contributed by atoms with Crippen molar-refractivity contribution >= 4 is 44.8 Å². The quantitative estimate of drug-likeness (QED) is 0.213. The fraction of sp³-hybridized carbons (Fsp3) is 0.115. The van der Waals surface area contributed by atoms with Gasteiger partial charge in [0, 0.05) is 16.8 Å². The largest absolute Gasteiger partial charge is 0.332 e. The number of halogens is 1. The van der Waals surface area contributed by atoms with Crippen LogP contribution in [0, 0.1) is 12.7 Å². The fourth-order valence-electron chi connectivity index (χ4n) is 3.50. The predicted octanol–water partition coefficient (Wildman–Crippen LogP) is 6.38. The van der Waals surface area contributed by atoms with Crippen molar-refractivity contribution in [3.63, 3.8) is 0 Å². The lowest BCUT2D eigenvalue weighted by Gasteiger charge is -2.13. The highest BCUT2D eigenvalue weighted by Crippen LogP contribution is 2.27. The Morgan fingerprint density at radius 2 is 1.76 bits per heavy atom. The van der Waals surface area contributed by atoms with Crippen molar-refractivity contribution in [1.29, 1.82) is 0 Å². The molecule has 1 N–H and O–H groups in total. The molecule has 2 aromatic heterocycles. The molecule has 0 aliphatic rings. The number of hydrogen-bond donors (Lipinski definition) is 1. The zero-order valence-electron chi connectivity index (χ0n) is 18.4. The average Bonchev–Trinajstić information content (AvgIpc) is 3.30. The van der Waals surface area contributed by atoms with E-state index in [2.05, 4.69) is 29.4 Å². The monoisotopic (exact) mass is 488 g/mol. The van der Waals surface area contributed by atoms with Gasteiger partial charge in [-0.3, -0.25) is 9.36 Å². The third-order valence-electron chi connectivity index (χ3n) is 5.28. The molecule has 3 aromatic carbocycles. The van der Waals surface area contributed by atoms with Gasteiger partial charge in [0.15, 0.2) is 10.3 Å². The summed E-state index contributed by atoms with van der Waals surface area (Å²) < 4.78 is 15.0. The molecule has 0 saturated carbocycles. The van der Waals surface area contributed by atoms with Crippen molar-refractivity contribution < 1.29 is 4.39 Å².